The van der Waals surface area contributed by atoms with Crippen LogP contribution in [0.1, 0.15) is 10.4 Å². The highest BCUT2D eigenvalue weighted by Gasteiger charge is 2.14. The fraction of sp³-hybridized carbons (Fsp3) is 0. The van der Waals surface area contributed by atoms with Gasteiger partial charge in [-0.3, -0.25) is 4.79 Å². The van der Waals surface area contributed by atoms with Crippen LogP contribution in [0.2, 0.25) is 0 Å². The number of nitrogens with one attached hydrogen (secondary N) is 1. The third-order valence-electron chi connectivity index (χ3n) is 2.32. The van der Waals surface area contributed by atoms with Crippen molar-refractivity contribution in [1.82, 2.24) is 4.98 Å². The van der Waals surface area contributed by atoms with E-state index in [2.05, 4.69) is 10.3 Å². The summed E-state index contributed by atoms with van der Waals surface area (Å²) >= 11 is 0. The van der Waals surface area contributed by atoms with E-state index < -0.39 is 23.5 Å². The Morgan fingerprint density at radius 1 is 1.16 bits per heavy atom. The molecule has 1 aromatic carbocycles. The Balaban J connectivity index is 2.25. The fourth-order valence-electron chi connectivity index (χ4n) is 1.41. The van der Waals surface area contributed by atoms with Crippen LogP contribution in [0.25, 0.3) is 0 Å². The van der Waals surface area contributed by atoms with Crippen molar-refractivity contribution in [3.63, 3.8) is 0 Å². The predicted octanol–water partition coefficient (Wildman–Crippen LogP) is 2.33. The molecule has 0 aliphatic rings. The number of nitrogens with zero attached hydrogens (tertiary/aromatic N) is 1. The van der Waals surface area contributed by atoms with Crippen molar-refractivity contribution in [2.24, 2.45) is 0 Å². The maximum absolute atomic E-state index is 13.0. The minimum Gasteiger partial charge on any atom is -0.398 e. The van der Waals surface area contributed by atoms with E-state index in [1.54, 1.807) is 0 Å². The molecule has 0 radical (unpaired) electrons. The standard InChI is InChI=1S/C12H8F3N3O/c13-8-3-7(10(16)4-9(8)14)12(19)18-6-1-2-11(15)17-5-6/h1-5H,16H2,(H,18,19). The third kappa shape index (κ3) is 2.82. The second-order valence-corrected chi connectivity index (χ2v) is 3.68. The van der Waals surface area contributed by atoms with Crippen molar-refractivity contribution in [3.8, 4) is 0 Å². The summed E-state index contributed by atoms with van der Waals surface area (Å²) in [5.74, 6) is -3.77. The van der Waals surface area contributed by atoms with Crippen LogP contribution in [0.4, 0.5) is 24.5 Å². The number of hydrogen-bond donors (Lipinski definition) is 2. The number of pyridine rings is 1. The lowest BCUT2D eigenvalue weighted by molar-refractivity contribution is 0.102. The molecule has 0 aliphatic heterocycles. The van der Waals surface area contributed by atoms with E-state index in [0.29, 0.717) is 12.1 Å². The fourth-order valence-corrected chi connectivity index (χ4v) is 1.41. The van der Waals surface area contributed by atoms with Crippen LogP contribution in [0.3, 0.4) is 0 Å². The summed E-state index contributed by atoms with van der Waals surface area (Å²) in [6.45, 7) is 0. The SMILES string of the molecule is Nc1cc(F)c(F)cc1C(=O)Nc1ccc(F)nc1. The number of nitrogen functional groups attached to an aromatic ring is 1. The molecular formula is C12H8F3N3O. The summed E-state index contributed by atoms with van der Waals surface area (Å²) in [5, 5.41) is 2.34. The summed E-state index contributed by atoms with van der Waals surface area (Å²) in [6, 6.07) is 3.73. The average molecular weight is 267 g/mol. The van der Waals surface area contributed by atoms with E-state index >= 15 is 0 Å². The number of nitrogens with two attached hydrogens (primary N) is 1. The zero-order valence-electron chi connectivity index (χ0n) is 9.45. The minimum atomic E-state index is -1.18. The number of amides is 1. The van der Waals surface area contributed by atoms with E-state index in [1.165, 1.54) is 6.07 Å². The molecule has 19 heavy (non-hydrogen) atoms. The highest BCUT2D eigenvalue weighted by atomic mass is 19.2. The highest BCUT2D eigenvalue weighted by molar-refractivity contribution is 6.07. The van der Waals surface area contributed by atoms with Crippen LogP contribution in [0.15, 0.2) is 30.5 Å². The summed E-state index contributed by atoms with van der Waals surface area (Å²) in [6.07, 6.45) is 1.09. The first kappa shape index (κ1) is 12.9. The summed E-state index contributed by atoms with van der Waals surface area (Å²) in [5.41, 5.74) is 5.21. The molecule has 0 unspecified atom stereocenters. The molecule has 0 saturated carbocycles. The maximum Gasteiger partial charge on any atom is 0.257 e. The highest BCUT2D eigenvalue weighted by Crippen LogP contribution is 2.18. The number of carbonyl (C=O) groups excluding carboxylic acids is 1. The number of aromatic nitrogens is 1. The Morgan fingerprint density at radius 2 is 1.84 bits per heavy atom. The number of hydrogen-bond acceptors (Lipinski definition) is 3. The number of benzene rings is 1. The largest absolute Gasteiger partial charge is 0.398 e. The summed E-state index contributed by atoms with van der Waals surface area (Å²) in [4.78, 5) is 15.1. The Kier molecular flexibility index (Phi) is 3.37. The molecular weight excluding hydrogens is 259 g/mol. The minimum absolute atomic E-state index is 0.202. The van der Waals surface area contributed by atoms with Gasteiger partial charge in [-0.25, -0.2) is 13.8 Å². The van der Waals surface area contributed by atoms with Crippen LogP contribution in [0, 0.1) is 17.6 Å². The molecule has 1 aromatic heterocycles. The first-order valence-electron chi connectivity index (χ1n) is 5.15. The zero-order valence-corrected chi connectivity index (χ0v) is 9.45. The van der Waals surface area contributed by atoms with Gasteiger partial charge in [0, 0.05) is 11.8 Å². The van der Waals surface area contributed by atoms with E-state index in [0.717, 1.165) is 12.3 Å². The Hall–Kier alpha value is -2.57. The van der Waals surface area contributed by atoms with E-state index in [9.17, 15) is 18.0 Å². The van der Waals surface area contributed by atoms with Crippen molar-refractivity contribution in [1.29, 1.82) is 0 Å². The molecule has 0 saturated heterocycles. The van der Waals surface area contributed by atoms with Gasteiger partial charge >= 0.3 is 0 Å². The molecule has 2 aromatic rings. The lowest BCUT2D eigenvalue weighted by Crippen LogP contribution is -2.15. The van der Waals surface area contributed by atoms with Crippen molar-refractivity contribution < 1.29 is 18.0 Å². The van der Waals surface area contributed by atoms with E-state index in [1.807, 2.05) is 0 Å². The van der Waals surface area contributed by atoms with E-state index in [-0.39, 0.29) is 16.9 Å². The molecule has 0 spiro atoms. The average Bonchev–Trinajstić information content (AvgIpc) is 2.36. The van der Waals surface area contributed by atoms with Crippen LogP contribution >= 0.6 is 0 Å². The number of rotatable bonds is 2. The van der Waals surface area contributed by atoms with Gasteiger partial charge in [0.15, 0.2) is 11.6 Å². The smallest absolute Gasteiger partial charge is 0.257 e. The second-order valence-electron chi connectivity index (χ2n) is 3.68. The number of carbonyl (C=O) groups is 1. The lowest BCUT2D eigenvalue weighted by atomic mass is 10.1. The van der Waals surface area contributed by atoms with Crippen molar-refractivity contribution >= 4 is 17.3 Å². The molecule has 0 aliphatic carbocycles. The van der Waals surface area contributed by atoms with Gasteiger partial charge in [0.05, 0.1) is 17.4 Å². The van der Waals surface area contributed by atoms with Gasteiger partial charge in [-0.2, -0.15) is 4.39 Å². The zero-order chi connectivity index (χ0) is 14.0. The quantitative estimate of drug-likeness (QED) is 0.648. The Bertz CT molecular complexity index is 629. The topological polar surface area (TPSA) is 68.0 Å². The molecule has 0 fully saturated rings. The number of halogens is 3. The summed E-state index contributed by atoms with van der Waals surface area (Å²) in [7, 11) is 0. The molecule has 1 heterocycles. The maximum atomic E-state index is 13.0. The third-order valence-corrected chi connectivity index (χ3v) is 2.32. The Labute approximate surface area is 106 Å². The molecule has 3 N–H and O–H groups in total. The van der Waals surface area contributed by atoms with Crippen LogP contribution < -0.4 is 11.1 Å². The van der Waals surface area contributed by atoms with Gasteiger partial charge < -0.3 is 11.1 Å². The molecule has 98 valence electrons. The van der Waals surface area contributed by atoms with Crippen LogP contribution in [-0.4, -0.2) is 10.9 Å². The Morgan fingerprint density at radius 3 is 2.47 bits per heavy atom. The van der Waals surface area contributed by atoms with Crippen LogP contribution in [-0.2, 0) is 0 Å². The van der Waals surface area contributed by atoms with Gasteiger partial charge in [0.1, 0.15) is 0 Å². The van der Waals surface area contributed by atoms with Crippen molar-refractivity contribution in [3.05, 3.63) is 53.6 Å². The lowest BCUT2D eigenvalue weighted by Gasteiger charge is -2.07. The van der Waals surface area contributed by atoms with Crippen molar-refractivity contribution in [2.45, 2.75) is 0 Å². The molecule has 0 bridgehead atoms. The normalized spacial score (nSPS) is 10.3. The molecule has 4 nitrogen and oxygen atoms in total. The first-order valence-corrected chi connectivity index (χ1v) is 5.15. The second kappa shape index (κ2) is 4.97. The van der Waals surface area contributed by atoms with Crippen molar-refractivity contribution in [2.75, 3.05) is 11.1 Å². The van der Waals surface area contributed by atoms with Gasteiger partial charge in [-0.1, -0.05) is 0 Å². The van der Waals surface area contributed by atoms with Gasteiger partial charge in [0.25, 0.3) is 5.91 Å². The summed E-state index contributed by atoms with van der Waals surface area (Å²) < 4.78 is 38.5. The molecule has 2 rings (SSSR count). The van der Waals surface area contributed by atoms with E-state index in [4.69, 9.17) is 5.73 Å². The van der Waals surface area contributed by atoms with Gasteiger partial charge in [-0.05, 0) is 18.2 Å². The molecule has 0 atom stereocenters. The first-order chi connectivity index (χ1) is 8.97. The van der Waals surface area contributed by atoms with Gasteiger partial charge in [0.2, 0.25) is 5.95 Å². The molecule has 7 heteroatoms. The predicted molar refractivity (Wildman–Crippen MR) is 62.9 cm³/mol. The van der Waals surface area contributed by atoms with Gasteiger partial charge in [-0.15, -0.1) is 0 Å². The monoisotopic (exact) mass is 267 g/mol. The number of anilines is 2. The van der Waals surface area contributed by atoms with Crippen LogP contribution in [0.5, 0.6) is 0 Å². The molecule has 1 amide bonds.